The van der Waals surface area contributed by atoms with E-state index in [2.05, 4.69) is 10.3 Å². The molecule has 1 aliphatic heterocycles. The number of rotatable bonds is 11. The molecule has 0 saturated carbocycles. The number of hydrogen-bond donors (Lipinski definition) is 5. The van der Waals surface area contributed by atoms with Crippen molar-refractivity contribution in [1.82, 2.24) is 15.4 Å². The lowest BCUT2D eigenvalue weighted by molar-refractivity contribution is -0.143. The summed E-state index contributed by atoms with van der Waals surface area (Å²) in [4.78, 5) is 19.2. The summed E-state index contributed by atoms with van der Waals surface area (Å²) in [5, 5.41) is 34.0. The predicted molar refractivity (Wildman–Crippen MR) is 141 cm³/mol. The van der Waals surface area contributed by atoms with Gasteiger partial charge in [-0.25, -0.2) is 18.7 Å². The minimum Gasteiger partial charge on any atom is -0.497 e. The summed E-state index contributed by atoms with van der Waals surface area (Å²) in [6.45, 7) is 1.27. The number of carbonyl (C=O) groups is 1. The SMILES string of the molecule is COc1ccc2ncc(CO)c(C(O)CCC3(C(=O)NO)CCN(CCNc4cc(F)cc(F)c4F)CC3)c2c1. The van der Waals surface area contributed by atoms with E-state index in [1.165, 1.54) is 13.3 Å². The van der Waals surface area contributed by atoms with Crippen molar-refractivity contribution in [3.05, 3.63) is 65.1 Å². The molecule has 1 saturated heterocycles. The number of piperidine rings is 1. The number of pyridine rings is 1. The maximum Gasteiger partial charge on any atom is 0.249 e. The molecular formula is C28H33F3N4O5. The normalized spacial score (nSPS) is 16.1. The highest BCUT2D eigenvalue weighted by atomic mass is 19.2. The maximum atomic E-state index is 13.9. The Morgan fingerprint density at radius 3 is 2.62 bits per heavy atom. The van der Waals surface area contributed by atoms with Crippen molar-refractivity contribution < 1.29 is 38.1 Å². The number of likely N-dealkylation sites (tertiary alicyclic amines) is 1. The molecular weight excluding hydrogens is 529 g/mol. The number of hydrogen-bond acceptors (Lipinski definition) is 8. The van der Waals surface area contributed by atoms with Crippen molar-refractivity contribution in [3.63, 3.8) is 0 Å². The van der Waals surface area contributed by atoms with Crippen LogP contribution in [-0.4, -0.2) is 64.5 Å². The number of nitrogens with one attached hydrogen (secondary N) is 2. The van der Waals surface area contributed by atoms with Gasteiger partial charge < -0.3 is 25.2 Å². The predicted octanol–water partition coefficient (Wildman–Crippen LogP) is 3.67. The van der Waals surface area contributed by atoms with Crippen LogP contribution >= 0.6 is 0 Å². The first kappa shape index (κ1) is 29.5. The Morgan fingerprint density at radius 2 is 1.95 bits per heavy atom. The van der Waals surface area contributed by atoms with E-state index in [-0.39, 0.29) is 31.7 Å². The molecule has 0 radical (unpaired) electrons. The summed E-state index contributed by atoms with van der Waals surface area (Å²) in [5.74, 6) is -3.28. The smallest absolute Gasteiger partial charge is 0.249 e. The summed E-state index contributed by atoms with van der Waals surface area (Å²) in [6, 6.07) is 6.62. The van der Waals surface area contributed by atoms with Crippen LogP contribution in [0.15, 0.2) is 36.5 Å². The van der Waals surface area contributed by atoms with Gasteiger partial charge in [-0.2, -0.15) is 0 Å². The zero-order valence-electron chi connectivity index (χ0n) is 22.1. The molecule has 3 aromatic rings. The van der Waals surface area contributed by atoms with Crippen molar-refractivity contribution in [2.45, 2.75) is 38.4 Å². The molecule has 1 amide bonds. The van der Waals surface area contributed by atoms with Gasteiger partial charge in [-0.15, -0.1) is 0 Å². The summed E-state index contributed by atoms with van der Waals surface area (Å²) in [6.07, 6.45) is 1.70. The van der Waals surface area contributed by atoms with E-state index in [4.69, 9.17) is 4.74 Å². The third-order valence-electron chi connectivity index (χ3n) is 7.73. The molecule has 5 N–H and O–H groups in total. The highest BCUT2D eigenvalue weighted by Gasteiger charge is 2.41. The van der Waals surface area contributed by atoms with Gasteiger partial charge in [0.05, 0.1) is 36.4 Å². The van der Waals surface area contributed by atoms with Gasteiger partial charge in [-0.3, -0.25) is 15.0 Å². The Labute approximate surface area is 229 Å². The standard InChI is InChI=1S/C28H33F3N4O5/c1-40-19-2-3-22-20(14-19)25(17(16-36)15-33-22)24(37)4-5-28(27(38)34-39)6-9-35(10-7-28)11-8-32-23-13-18(29)12-21(30)26(23)31/h2-3,12-15,24,32,36-37,39H,4-11,16H2,1H3,(H,34,38). The average Bonchev–Trinajstić information content (AvgIpc) is 2.97. The molecule has 40 heavy (non-hydrogen) atoms. The molecule has 1 aliphatic rings. The minimum absolute atomic E-state index is 0.183. The van der Waals surface area contributed by atoms with E-state index >= 15 is 0 Å². The Kier molecular flexibility index (Phi) is 9.46. The molecule has 2 aromatic carbocycles. The van der Waals surface area contributed by atoms with E-state index in [0.717, 1.165) is 6.07 Å². The first-order chi connectivity index (χ1) is 19.2. The number of anilines is 1. The van der Waals surface area contributed by atoms with Gasteiger partial charge in [0.25, 0.3) is 0 Å². The number of benzene rings is 2. The first-order valence-corrected chi connectivity index (χ1v) is 13.0. The van der Waals surface area contributed by atoms with Crippen molar-refractivity contribution in [2.24, 2.45) is 5.41 Å². The number of aliphatic hydroxyl groups is 2. The second kappa shape index (κ2) is 12.8. The zero-order valence-corrected chi connectivity index (χ0v) is 22.1. The van der Waals surface area contributed by atoms with Crippen LogP contribution in [0.4, 0.5) is 18.9 Å². The third-order valence-corrected chi connectivity index (χ3v) is 7.73. The number of aliphatic hydroxyl groups excluding tert-OH is 2. The van der Waals surface area contributed by atoms with Gasteiger partial charge >= 0.3 is 0 Å². The van der Waals surface area contributed by atoms with Crippen LogP contribution in [0.5, 0.6) is 5.75 Å². The third kappa shape index (κ3) is 6.30. The number of fused-ring (bicyclic) bond motifs is 1. The van der Waals surface area contributed by atoms with Gasteiger partial charge in [0.15, 0.2) is 11.6 Å². The van der Waals surface area contributed by atoms with E-state index in [1.54, 1.807) is 23.7 Å². The van der Waals surface area contributed by atoms with Crippen molar-refractivity contribution in [2.75, 3.05) is 38.6 Å². The Morgan fingerprint density at radius 1 is 1.20 bits per heavy atom. The molecule has 1 aromatic heterocycles. The summed E-state index contributed by atoms with van der Waals surface area (Å²) in [5.41, 5.74) is 2.16. The van der Waals surface area contributed by atoms with E-state index in [9.17, 15) is 33.4 Å². The monoisotopic (exact) mass is 562 g/mol. The lowest BCUT2D eigenvalue weighted by Crippen LogP contribution is -2.49. The van der Waals surface area contributed by atoms with Gasteiger partial charge in [0.1, 0.15) is 11.6 Å². The second-order valence-corrected chi connectivity index (χ2v) is 10.0. The van der Waals surface area contributed by atoms with E-state index in [0.29, 0.717) is 66.3 Å². The molecule has 0 spiro atoms. The average molecular weight is 563 g/mol. The first-order valence-electron chi connectivity index (χ1n) is 13.0. The number of ether oxygens (including phenoxy) is 1. The van der Waals surface area contributed by atoms with Crippen LogP contribution in [-0.2, 0) is 11.4 Å². The maximum absolute atomic E-state index is 13.9. The Bertz CT molecular complexity index is 1350. The van der Waals surface area contributed by atoms with Crippen LogP contribution in [0.2, 0.25) is 0 Å². The number of halogens is 3. The summed E-state index contributed by atoms with van der Waals surface area (Å²) in [7, 11) is 1.53. The fraction of sp³-hybridized carbons (Fsp3) is 0.429. The van der Waals surface area contributed by atoms with Crippen LogP contribution < -0.4 is 15.5 Å². The van der Waals surface area contributed by atoms with Crippen LogP contribution in [0.3, 0.4) is 0 Å². The second-order valence-electron chi connectivity index (χ2n) is 10.0. The zero-order chi connectivity index (χ0) is 28.9. The highest BCUT2D eigenvalue weighted by molar-refractivity contribution is 5.85. The lowest BCUT2D eigenvalue weighted by Gasteiger charge is -2.40. The Balaban J connectivity index is 1.42. The Hall–Kier alpha value is -3.45. The number of methoxy groups -OCH3 is 1. The number of carbonyl (C=O) groups excluding carboxylic acids is 1. The number of nitrogens with zero attached hydrogens (tertiary/aromatic N) is 2. The van der Waals surface area contributed by atoms with Crippen LogP contribution in [0.1, 0.15) is 42.9 Å². The largest absolute Gasteiger partial charge is 0.497 e. The summed E-state index contributed by atoms with van der Waals surface area (Å²) >= 11 is 0. The number of hydroxylamine groups is 1. The van der Waals surface area contributed by atoms with Gasteiger partial charge in [0, 0.05) is 42.4 Å². The molecule has 1 atom stereocenters. The van der Waals surface area contributed by atoms with Crippen LogP contribution in [0, 0.1) is 22.9 Å². The highest BCUT2D eigenvalue weighted by Crippen LogP contribution is 2.40. The molecule has 1 unspecified atom stereocenters. The van der Waals surface area contributed by atoms with Gasteiger partial charge in [0.2, 0.25) is 5.91 Å². The van der Waals surface area contributed by atoms with Gasteiger partial charge in [-0.05, 0) is 62.5 Å². The molecule has 12 heteroatoms. The van der Waals surface area contributed by atoms with E-state index < -0.39 is 34.9 Å². The van der Waals surface area contributed by atoms with Crippen LogP contribution in [0.25, 0.3) is 10.9 Å². The summed E-state index contributed by atoms with van der Waals surface area (Å²) < 4.78 is 46.1. The topological polar surface area (TPSA) is 127 Å². The molecule has 9 nitrogen and oxygen atoms in total. The quantitative estimate of drug-likeness (QED) is 0.136. The molecule has 216 valence electrons. The van der Waals surface area contributed by atoms with Crippen molar-refractivity contribution in [1.29, 1.82) is 0 Å². The van der Waals surface area contributed by atoms with Crippen molar-refractivity contribution in [3.8, 4) is 5.75 Å². The van der Waals surface area contributed by atoms with Crippen molar-refractivity contribution >= 4 is 22.5 Å². The fourth-order valence-electron chi connectivity index (χ4n) is 5.38. The van der Waals surface area contributed by atoms with E-state index in [1.807, 2.05) is 4.90 Å². The molecule has 2 heterocycles. The number of amides is 1. The molecule has 4 rings (SSSR count). The molecule has 1 fully saturated rings. The lowest BCUT2D eigenvalue weighted by atomic mass is 9.73. The molecule has 0 bridgehead atoms. The molecule has 0 aliphatic carbocycles. The minimum atomic E-state index is -1.27. The fourth-order valence-corrected chi connectivity index (χ4v) is 5.38. The van der Waals surface area contributed by atoms with Gasteiger partial charge in [-0.1, -0.05) is 0 Å². The number of aromatic nitrogens is 1.